The molecule has 2 N–H and O–H groups in total. The summed E-state index contributed by atoms with van der Waals surface area (Å²) in [4.78, 5) is 4.80. The number of nitrogens with zero attached hydrogens (tertiary/aromatic N) is 2. The van der Waals surface area contributed by atoms with E-state index in [0.29, 0.717) is 12.1 Å². The lowest BCUT2D eigenvalue weighted by atomic mass is 10.1. The SMILES string of the molecule is CCCN1CCN(Cc2cccc(CN)c2F)CC1. The number of hydrogen-bond acceptors (Lipinski definition) is 3. The van der Waals surface area contributed by atoms with Crippen LogP contribution in [0.1, 0.15) is 24.5 Å². The lowest BCUT2D eigenvalue weighted by molar-refractivity contribution is 0.126. The predicted molar refractivity (Wildman–Crippen MR) is 76.3 cm³/mol. The van der Waals surface area contributed by atoms with Gasteiger partial charge in [-0.3, -0.25) is 4.90 Å². The number of hydrogen-bond donors (Lipinski definition) is 1. The Labute approximate surface area is 115 Å². The van der Waals surface area contributed by atoms with Crippen molar-refractivity contribution in [1.82, 2.24) is 9.80 Å². The van der Waals surface area contributed by atoms with Gasteiger partial charge >= 0.3 is 0 Å². The van der Waals surface area contributed by atoms with E-state index >= 15 is 0 Å². The first-order valence-electron chi connectivity index (χ1n) is 7.15. The number of rotatable bonds is 5. The summed E-state index contributed by atoms with van der Waals surface area (Å²) in [5.41, 5.74) is 6.93. The molecule has 0 aliphatic carbocycles. The van der Waals surface area contributed by atoms with Crippen LogP contribution in [0.2, 0.25) is 0 Å². The first-order valence-corrected chi connectivity index (χ1v) is 7.15. The van der Waals surface area contributed by atoms with Gasteiger partial charge in [0.1, 0.15) is 5.82 Å². The fourth-order valence-corrected chi connectivity index (χ4v) is 2.64. The molecule has 19 heavy (non-hydrogen) atoms. The maximum absolute atomic E-state index is 14.1. The van der Waals surface area contributed by atoms with E-state index in [2.05, 4.69) is 16.7 Å². The van der Waals surface area contributed by atoms with Gasteiger partial charge in [0, 0.05) is 50.4 Å². The van der Waals surface area contributed by atoms with E-state index in [9.17, 15) is 4.39 Å². The second kappa shape index (κ2) is 6.98. The molecule has 1 saturated heterocycles. The van der Waals surface area contributed by atoms with Crippen LogP contribution in [0.4, 0.5) is 4.39 Å². The highest BCUT2D eigenvalue weighted by Gasteiger charge is 2.17. The molecule has 0 bridgehead atoms. The van der Waals surface area contributed by atoms with Crippen molar-refractivity contribution in [2.45, 2.75) is 26.4 Å². The molecule has 1 aromatic rings. The van der Waals surface area contributed by atoms with Gasteiger partial charge in [0.05, 0.1) is 0 Å². The van der Waals surface area contributed by atoms with Gasteiger partial charge in [0.25, 0.3) is 0 Å². The topological polar surface area (TPSA) is 32.5 Å². The summed E-state index contributed by atoms with van der Waals surface area (Å²) in [7, 11) is 0. The third-order valence-electron chi connectivity index (χ3n) is 3.78. The fraction of sp³-hybridized carbons (Fsp3) is 0.600. The van der Waals surface area contributed by atoms with Crippen LogP contribution in [0.25, 0.3) is 0 Å². The Kier molecular flexibility index (Phi) is 5.31. The minimum atomic E-state index is -0.124. The Hall–Kier alpha value is -0.970. The van der Waals surface area contributed by atoms with Crippen LogP contribution in [0, 0.1) is 5.82 Å². The molecule has 1 aromatic carbocycles. The van der Waals surface area contributed by atoms with Crippen molar-refractivity contribution in [2.75, 3.05) is 32.7 Å². The molecule has 1 aliphatic heterocycles. The lowest BCUT2D eigenvalue weighted by Crippen LogP contribution is -2.46. The lowest BCUT2D eigenvalue weighted by Gasteiger charge is -2.34. The van der Waals surface area contributed by atoms with Crippen molar-refractivity contribution in [1.29, 1.82) is 0 Å². The van der Waals surface area contributed by atoms with Crippen LogP contribution in [0.5, 0.6) is 0 Å². The summed E-state index contributed by atoms with van der Waals surface area (Å²) >= 11 is 0. The van der Waals surface area contributed by atoms with Crippen molar-refractivity contribution in [2.24, 2.45) is 5.73 Å². The van der Waals surface area contributed by atoms with Gasteiger partial charge in [-0.15, -0.1) is 0 Å². The monoisotopic (exact) mass is 265 g/mol. The highest BCUT2D eigenvalue weighted by Crippen LogP contribution is 2.15. The van der Waals surface area contributed by atoms with Crippen LogP contribution in [-0.4, -0.2) is 42.5 Å². The van der Waals surface area contributed by atoms with Crippen LogP contribution in [0.15, 0.2) is 18.2 Å². The molecule has 0 atom stereocenters. The third-order valence-corrected chi connectivity index (χ3v) is 3.78. The Morgan fingerprint density at radius 3 is 2.37 bits per heavy atom. The van der Waals surface area contributed by atoms with Crippen LogP contribution in [-0.2, 0) is 13.1 Å². The number of piperazine rings is 1. The Balaban J connectivity index is 1.92. The smallest absolute Gasteiger partial charge is 0.132 e. The summed E-state index contributed by atoms with van der Waals surface area (Å²) < 4.78 is 14.1. The zero-order chi connectivity index (χ0) is 13.7. The van der Waals surface area contributed by atoms with Crippen LogP contribution in [0.3, 0.4) is 0 Å². The zero-order valence-electron chi connectivity index (χ0n) is 11.7. The second-order valence-electron chi connectivity index (χ2n) is 5.21. The second-order valence-corrected chi connectivity index (χ2v) is 5.21. The van der Waals surface area contributed by atoms with Gasteiger partial charge < -0.3 is 10.6 Å². The first kappa shape index (κ1) is 14.4. The molecule has 1 aliphatic rings. The van der Waals surface area contributed by atoms with E-state index in [1.807, 2.05) is 12.1 Å². The highest BCUT2D eigenvalue weighted by molar-refractivity contribution is 5.25. The molecule has 2 rings (SSSR count). The van der Waals surface area contributed by atoms with Gasteiger partial charge in [0.15, 0.2) is 0 Å². The quantitative estimate of drug-likeness (QED) is 0.881. The van der Waals surface area contributed by atoms with E-state index in [1.165, 1.54) is 13.0 Å². The largest absolute Gasteiger partial charge is 0.326 e. The van der Waals surface area contributed by atoms with Crippen molar-refractivity contribution in [3.05, 3.63) is 35.1 Å². The summed E-state index contributed by atoms with van der Waals surface area (Å²) in [6.07, 6.45) is 1.20. The standard InChI is InChI=1S/C15H24FN3/c1-2-6-18-7-9-19(10-8-18)12-14-5-3-4-13(11-17)15(14)16/h3-5H,2,6-12,17H2,1H3. The molecule has 0 aromatic heterocycles. The van der Waals surface area contributed by atoms with Crippen molar-refractivity contribution in [3.63, 3.8) is 0 Å². The molecule has 0 saturated carbocycles. The molecule has 1 heterocycles. The summed E-state index contributed by atoms with van der Waals surface area (Å²) in [5.74, 6) is -0.124. The summed E-state index contributed by atoms with van der Waals surface area (Å²) in [6, 6.07) is 5.53. The van der Waals surface area contributed by atoms with Gasteiger partial charge in [-0.05, 0) is 13.0 Å². The maximum atomic E-state index is 14.1. The van der Waals surface area contributed by atoms with Crippen molar-refractivity contribution >= 4 is 0 Å². The van der Waals surface area contributed by atoms with Crippen molar-refractivity contribution in [3.8, 4) is 0 Å². The normalized spacial score (nSPS) is 17.8. The van der Waals surface area contributed by atoms with Crippen molar-refractivity contribution < 1.29 is 4.39 Å². The van der Waals surface area contributed by atoms with Gasteiger partial charge in [-0.2, -0.15) is 0 Å². The molecule has 3 nitrogen and oxygen atoms in total. The molecule has 106 valence electrons. The Bertz CT molecular complexity index is 400. The van der Waals surface area contributed by atoms with Crippen LogP contribution < -0.4 is 5.73 Å². The molecule has 0 unspecified atom stereocenters. The summed E-state index contributed by atoms with van der Waals surface area (Å²) in [5, 5.41) is 0. The number of nitrogens with two attached hydrogens (primary N) is 1. The minimum absolute atomic E-state index is 0.124. The molecule has 0 spiro atoms. The minimum Gasteiger partial charge on any atom is -0.326 e. The average Bonchev–Trinajstić information content (AvgIpc) is 2.43. The zero-order valence-corrected chi connectivity index (χ0v) is 11.7. The Morgan fingerprint density at radius 2 is 1.74 bits per heavy atom. The van der Waals surface area contributed by atoms with E-state index < -0.39 is 0 Å². The van der Waals surface area contributed by atoms with Crippen LogP contribution >= 0.6 is 0 Å². The molecule has 1 fully saturated rings. The highest BCUT2D eigenvalue weighted by atomic mass is 19.1. The van der Waals surface area contributed by atoms with E-state index in [0.717, 1.165) is 31.7 Å². The molecule has 0 amide bonds. The van der Waals surface area contributed by atoms with Gasteiger partial charge in [0.2, 0.25) is 0 Å². The van der Waals surface area contributed by atoms with E-state index in [4.69, 9.17) is 5.73 Å². The molecule has 4 heteroatoms. The third kappa shape index (κ3) is 3.75. The molecular weight excluding hydrogens is 241 g/mol. The fourth-order valence-electron chi connectivity index (χ4n) is 2.64. The number of halogens is 1. The average molecular weight is 265 g/mol. The maximum Gasteiger partial charge on any atom is 0.132 e. The Morgan fingerprint density at radius 1 is 1.11 bits per heavy atom. The first-order chi connectivity index (χ1) is 9.24. The van der Waals surface area contributed by atoms with Gasteiger partial charge in [-0.1, -0.05) is 25.1 Å². The van der Waals surface area contributed by atoms with E-state index in [-0.39, 0.29) is 12.4 Å². The predicted octanol–water partition coefficient (Wildman–Crippen LogP) is 1.81. The molecular formula is C15H24FN3. The number of benzene rings is 1. The molecule has 0 radical (unpaired) electrons. The van der Waals surface area contributed by atoms with Gasteiger partial charge in [-0.25, -0.2) is 4.39 Å². The summed E-state index contributed by atoms with van der Waals surface area (Å²) in [6.45, 7) is 8.56. The van der Waals surface area contributed by atoms with E-state index in [1.54, 1.807) is 6.07 Å².